The molecule has 96 valence electrons. The summed E-state index contributed by atoms with van der Waals surface area (Å²) < 4.78 is 5.60. The second-order valence-electron chi connectivity index (χ2n) is 3.92. The van der Waals surface area contributed by atoms with Crippen LogP contribution in [0.5, 0.6) is 5.75 Å². The van der Waals surface area contributed by atoms with Gasteiger partial charge in [-0.1, -0.05) is 12.1 Å². The van der Waals surface area contributed by atoms with E-state index in [-0.39, 0.29) is 18.2 Å². The minimum absolute atomic E-state index is 0. The van der Waals surface area contributed by atoms with Gasteiger partial charge in [0.15, 0.2) is 0 Å². The molecule has 0 saturated carbocycles. The summed E-state index contributed by atoms with van der Waals surface area (Å²) in [6, 6.07) is 7.37. The van der Waals surface area contributed by atoms with Gasteiger partial charge in [-0.3, -0.25) is 5.41 Å². The van der Waals surface area contributed by atoms with E-state index < -0.39 is 0 Å². The highest BCUT2D eigenvalue weighted by Crippen LogP contribution is 2.17. The predicted molar refractivity (Wildman–Crippen MR) is 73.4 cm³/mol. The van der Waals surface area contributed by atoms with Crippen LogP contribution in [0.3, 0.4) is 0 Å². The molecule has 4 nitrogen and oxygen atoms in total. The van der Waals surface area contributed by atoms with E-state index in [2.05, 4.69) is 4.90 Å². The second kappa shape index (κ2) is 7.92. The van der Waals surface area contributed by atoms with Crippen LogP contribution in [0, 0.1) is 5.41 Å². The van der Waals surface area contributed by atoms with Gasteiger partial charge >= 0.3 is 0 Å². The van der Waals surface area contributed by atoms with Crippen molar-refractivity contribution < 1.29 is 4.74 Å². The molecule has 1 aromatic carbocycles. The van der Waals surface area contributed by atoms with E-state index >= 15 is 0 Å². The van der Waals surface area contributed by atoms with Crippen LogP contribution in [-0.2, 0) is 0 Å². The number of amidine groups is 1. The van der Waals surface area contributed by atoms with E-state index in [1.54, 1.807) is 6.07 Å². The van der Waals surface area contributed by atoms with Gasteiger partial charge in [0.05, 0.1) is 12.2 Å². The molecule has 1 aromatic rings. The first-order valence-corrected chi connectivity index (χ1v) is 5.32. The summed E-state index contributed by atoms with van der Waals surface area (Å²) in [5, 5.41) is 7.41. The highest BCUT2D eigenvalue weighted by atomic mass is 35.5. The maximum Gasteiger partial charge on any atom is 0.130 e. The van der Waals surface area contributed by atoms with E-state index in [1.165, 1.54) is 0 Å². The molecule has 0 spiro atoms. The van der Waals surface area contributed by atoms with Crippen LogP contribution in [0.4, 0.5) is 0 Å². The molecule has 17 heavy (non-hydrogen) atoms. The van der Waals surface area contributed by atoms with Crippen molar-refractivity contribution in [3.8, 4) is 5.75 Å². The van der Waals surface area contributed by atoms with Crippen molar-refractivity contribution in [1.82, 2.24) is 4.90 Å². The molecule has 0 bridgehead atoms. The monoisotopic (exact) mass is 257 g/mol. The zero-order chi connectivity index (χ0) is 12.0. The molecular formula is C12H20ClN3O. The summed E-state index contributed by atoms with van der Waals surface area (Å²) in [6.07, 6.45) is 0.958. The van der Waals surface area contributed by atoms with Crippen molar-refractivity contribution in [3.05, 3.63) is 29.8 Å². The first-order chi connectivity index (χ1) is 7.61. The maximum absolute atomic E-state index is 7.41. The molecule has 0 aromatic heterocycles. The molecule has 0 saturated heterocycles. The smallest absolute Gasteiger partial charge is 0.130 e. The number of rotatable bonds is 6. The molecule has 0 heterocycles. The van der Waals surface area contributed by atoms with Crippen molar-refractivity contribution in [2.45, 2.75) is 6.42 Å². The Balaban J connectivity index is 0.00000256. The van der Waals surface area contributed by atoms with Crippen LogP contribution in [0.15, 0.2) is 24.3 Å². The third kappa shape index (κ3) is 5.56. The molecule has 0 aliphatic heterocycles. The number of nitrogen functional groups attached to an aromatic ring is 1. The van der Waals surface area contributed by atoms with Crippen molar-refractivity contribution in [1.29, 1.82) is 5.41 Å². The molecule has 3 N–H and O–H groups in total. The average molecular weight is 258 g/mol. The Morgan fingerprint density at radius 2 is 2.00 bits per heavy atom. The van der Waals surface area contributed by atoms with Crippen molar-refractivity contribution in [2.24, 2.45) is 5.73 Å². The SMILES string of the molecule is CN(C)CCCOc1ccccc1C(=N)N.Cl. The number of ether oxygens (including phenoxy) is 1. The van der Waals surface area contributed by atoms with Crippen LogP contribution in [0.25, 0.3) is 0 Å². The summed E-state index contributed by atoms with van der Waals surface area (Å²) in [4.78, 5) is 2.11. The van der Waals surface area contributed by atoms with Gasteiger partial charge in [0.25, 0.3) is 0 Å². The predicted octanol–water partition coefficient (Wildman–Crippen LogP) is 1.72. The first-order valence-electron chi connectivity index (χ1n) is 5.32. The van der Waals surface area contributed by atoms with Gasteiger partial charge in [-0.2, -0.15) is 0 Å². The molecule has 5 heteroatoms. The van der Waals surface area contributed by atoms with E-state index in [1.807, 2.05) is 32.3 Å². The molecule has 0 unspecified atom stereocenters. The lowest BCUT2D eigenvalue weighted by atomic mass is 10.2. The Bertz CT molecular complexity index is 355. The number of halogens is 1. The zero-order valence-electron chi connectivity index (χ0n) is 10.3. The molecule has 0 amide bonds. The number of benzene rings is 1. The molecule has 0 radical (unpaired) electrons. The van der Waals surface area contributed by atoms with Gasteiger partial charge in [0.2, 0.25) is 0 Å². The lowest BCUT2D eigenvalue weighted by Gasteiger charge is -2.12. The number of nitrogens with two attached hydrogens (primary N) is 1. The molecule has 0 fully saturated rings. The van der Waals surface area contributed by atoms with Crippen LogP contribution in [-0.4, -0.2) is 38.0 Å². The number of nitrogens with zero attached hydrogens (tertiary/aromatic N) is 1. The Morgan fingerprint density at radius 1 is 1.35 bits per heavy atom. The zero-order valence-corrected chi connectivity index (χ0v) is 11.1. The van der Waals surface area contributed by atoms with Crippen LogP contribution < -0.4 is 10.5 Å². The molecular weight excluding hydrogens is 238 g/mol. The molecule has 0 atom stereocenters. The Morgan fingerprint density at radius 3 is 2.59 bits per heavy atom. The largest absolute Gasteiger partial charge is 0.493 e. The Labute approximate surface area is 109 Å². The minimum Gasteiger partial charge on any atom is -0.493 e. The van der Waals surface area contributed by atoms with Gasteiger partial charge in [-0.25, -0.2) is 0 Å². The fourth-order valence-corrected chi connectivity index (χ4v) is 1.38. The van der Waals surface area contributed by atoms with Crippen molar-refractivity contribution >= 4 is 18.2 Å². The lowest BCUT2D eigenvalue weighted by molar-refractivity contribution is 0.281. The Hall–Kier alpha value is -1.26. The quantitative estimate of drug-likeness (QED) is 0.463. The van der Waals surface area contributed by atoms with Crippen LogP contribution >= 0.6 is 12.4 Å². The Kier molecular flexibility index (Phi) is 7.34. The number of nitrogens with one attached hydrogen (secondary N) is 1. The van der Waals surface area contributed by atoms with Gasteiger partial charge in [0, 0.05) is 6.54 Å². The maximum atomic E-state index is 7.41. The fourth-order valence-electron chi connectivity index (χ4n) is 1.38. The third-order valence-corrected chi connectivity index (χ3v) is 2.18. The summed E-state index contributed by atoms with van der Waals surface area (Å²) in [7, 11) is 4.06. The van der Waals surface area contributed by atoms with Gasteiger partial charge in [-0.05, 0) is 32.6 Å². The summed E-state index contributed by atoms with van der Waals surface area (Å²) in [6.45, 7) is 1.63. The van der Waals surface area contributed by atoms with Gasteiger partial charge in [0.1, 0.15) is 11.6 Å². The second-order valence-corrected chi connectivity index (χ2v) is 3.92. The summed E-state index contributed by atoms with van der Waals surface area (Å²) >= 11 is 0. The molecule has 1 rings (SSSR count). The number of hydrogen-bond acceptors (Lipinski definition) is 3. The van der Waals surface area contributed by atoms with Crippen molar-refractivity contribution in [2.75, 3.05) is 27.2 Å². The number of para-hydroxylation sites is 1. The van der Waals surface area contributed by atoms with Crippen LogP contribution in [0.2, 0.25) is 0 Å². The highest BCUT2D eigenvalue weighted by molar-refractivity contribution is 5.97. The average Bonchev–Trinajstić information content (AvgIpc) is 2.24. The van der Waals surface area contributed by atoms with E-state index in [9.17, 15) is 0 Å². The molecule has 0 aliphatic carbocycles. The normalized spacial score (nSPS) is 9.82. The highest BCUT2D eigenvalue weighted by Gasteiger charge is 2.04. The van der Waals surface area contributed by atoms with Crippen molar-refractivity contribution in [3.63, 3.8) is 0 Å². The van der Waals surface area contributed by atoms with Gasteiger partial charge < -0.3 is 15.4 Å². The van der Waals surface area contributed by atoms with E-state index in [0.29, 0.717) is 17.9 Å². The standard InChI is InChI=1S/C12H19N3O.ClH/c1-15(2)8-5-9-16-11-7-4-3-6-10(11)12(13)14;/h3-4,6-7H,5,8-9H2,1-2H3,(H3,13,14);1H. The molecule has 0 aliphatic rings. The third-order valence-electron chi connectivity index (χ3n) is 2.18. The van der Waals surface area contributed by atoms with Gasteiger partial charge in [-0.15, -0.1) is 12.4 Å². The summed E-state index contributed by atoms with van der Waals surface area (Å²) in [5.41, 5.74) is 6.12. The number of hydrogen-bond donors (Lipinski definition) is 2. The summed E-state index contributed by atoms with van der Waals surface area (Å²) in [5.74, 6) is 0.733. The van der Waals surface area contributed by atoms with E-state index in [4.69, 9.17) is 15.9 Å². The topological polar surface area (TPSA) is 62.3 Å². The fraction of sp³-hybridized carbons (Fsp3) is 0.417. The van der Waals surface area contributed by atoms with Crippen LogP contribution in [0.1, 0.15) is 12.0 Å². The lowest BCUT2D eigenvalue weighted by Crippen LogP contribution is -2.17. The minimum atomic E-state index is 0. The van der Waals surface area contributed by atoms with E-state index in [0.717, 1.165) is 13.0 Å². The first kappa shape index (κ1) is 15.7.